The second-order valence-corrected chi connectivity index (χ2v) is 11.6. The van der Waals surface area contributed by atoms with E-state index in [9.17, 15) is 5.11 Å². The summed E-state index contributed by atoms with van der Waals surface area (Å²) < 4.78 is 12.1. The number of rotatable bonds is 10. The van der Waals surface area contributed by atoms with E-state index in [1.807, 2.05) is 0 Å². The summed E-state index contributed by atoms with van der Waals surface area (Å²) in [6.45, 7) is 11.6. The first-order valence-corrected chi connectivity index (χ1v) is 11.8. The van der Waals surface area contributed by atoms with Crippen molar-refractivity contribution in [3.8, 4) is 0 Å². The van der Waals surface area contributed by atoms with Gasteiger partial charge < -0.3 is 14.3 Å². The molecular formula is C21H40O3Si. The third-order valence-electron chi connectivity index (χ3n) is 6.52. The van der Waals surface area contributed by atoms with E-state index in [-0.39, 0.29) is 12.2 Å². The van der Waals surface area contributed by atoms with Crippen molar-refractivity contribution in [2.45, 2.75) is 103 Å². The summed E-state index contributed by atoms with van der Waals surface area (Å²) in [5, 5.41) is 10.1. The zero-order valence-electron chi connectivity index (χ0n) is 17.0. The van der Waals surface area contributed by atoms with Crippen LogP contribution in [0.5, 0.6) is 0 Å². The highest BCUT2D eigenvalue weighted by molar-refractivity contribution is 6.32. The minimum atomic E-state index is -0.573. The molecule has 25 heavy (non-hydrogen) atoms. The van der Waals surface area contributed by atoms with Gasteiger partial charge >= 0.3 is 0 Å². The second kappa shape index (κ2) is 9.68. The van der Waals surface area contributed by atoms with Crippen LogP contribution in [0.15, 0.2) is 12.2 Å². The van der Waals surface area contributed by atoms with Gasteiger partial charge in [-0.1, -0.05) is 66.0 Å². The van der Waals surface area contributed by atoms with Gasteiger partial charge in [-0.15, -0.1) is 0 Å². The van der Waals surface area contributed by atoms with E-state index in [0.29, 0.717) is 22.8 Å². The van der Waals surface area contributed by atoms with Crippen molar-refractivity contribution in [1.29, 1.82) is 0 Å². The predicted molar refractivity (Wildman–Crippen MR) is 107 cm³/mol. The highest BCUT2D eigenvalue weighted by Gasteiger charge is 2.42. The molecular weight excluding hydrogens is 328 g/mol. The monoisotopic (exact) mass is 368 g/mol. The fourth-order valence-corrected chi connectivity index (χ4v) is 5.13. The minimum Gasteiger partial charge on any atom is -0.417 e. The van der Waals surface area contributed by atoms with Crippen LogP contribution < -0.4 is 0 Å². The van der Waals surface area contributed by atoms with Gasteiger partial charge in [-0.05, 0) is 42.1 Å². The molecule has 0 aromatic carbocycles. The quantitative estimate of drug-likeness (QED) is 0.348. The SMILES string of the molecule is CCCCCC(/C=C/C1CCC2O[C@H](O)CC12)O[SiH2]C(C)(C)C(C)C. The number of hydrogen-bond acceptors (Lipinski definition) is 3. The largest absolute Gasteiger partial charge is 0.417 e. The lowest BCUT2D eigenvalue weighted by molar-refractivity contribution is -0.0906. The van der Waals surface area contributed by atoms with Crippen molar-refractivity contribution in [2.24, 2.45) is 17.8 Å². The molecule has 1 aliphatic heterocycles. The van der Waals surface area contributed by atoms with Crippen LogP contribution >= 0.6 is 0 Å². The Hall–Kier alpha value is -0.163. The van der Waals surface area contributed by atoms with Crippen LogP contribution in [0, 0.1) is 17.8 Å². The molecule has 146 valence electrons. The molecule has 1 saturated heterocycles. The summed E-state index contributed by atoms with van der Waals surface area (Å²) >= 11 is 0. The number of hydrogen-bond donors (Lipinski definition) is 1. The Balaban J connectivity index is 1.90. The van der Waals surface area contributed by atoms with Crippen LogP contribution in [0.1, 0.15) is 79.6 Å². The standard InChI is InChI=1S/C21H40O3Si/c1-6-7-8-9-17(24-25-21(4,5)15(2)3)12-10-16-11-13-19-18(16)14-20(22)23-19/h10,12,15-20,22H,6-9,11,13-14,25H2,1-5H3/b12-10+/t16?,17?,18?,19?,20-/m0/s1. The Morgan fingerprint density at radius 3 is 2.72 bits per heavy atom. The molecule has 1 saturated carbocycles. The molecule has 2 aliphatic rings. The van der Waals surface area contributed by atoms with Crippen molar-refractivity contribution >= 4 is 9.76 Å². The average Bonchev–Trinajstić information content (AvgIpc) is 3.09. The highest BCUT2D eigenvalue weighted by Crippen LogP contribution is 2.43. The summed E-state index contributed by atoms with van der Waals surface area (Å²) in [4.78, 5) is 0. The van der Waals surface area contributed by atoms with Gasteiger partial charge in [-0.2, -0.15) is 0 Å². The zero-order chi connectivity index (χ0) is 18.4. The van der Waals surface area contributed by atoms with Crippen molar-refractivity contribution in [3.05, 3.63) is 12.2 Å². The van der Waals surface area contributed by atoms with E-state index in [0.717, 1.165) is 19.3 Å². The molecule has 0 aromatic rings. The van der Waals surface area contributed by atoms with E-state index >= 15 is 0 Å². The van der Waals surface area contributed by atoms with Gasteiger partial charge in [0.2, 0.25) is 0 Å². The molecule has 0 aromatic heterocycles. The van der Waals surface area contributed by atoms with E-state index in [2.05, 4.69) is 46.8 Å². The summed E-state index contributed by atoms with van der Waals surface area (Å²) in [6, 6.07) is 0. The van der Waals surface area contributed by atoms with Crippen LogP contribution in [0.25, 0.3) is 0 Å². The number of aliphatic hydroxyl groups is 1. The third kappa shape index (κ3) is 6.19. The second-order valence-electron chi connectivity index (χ2n) is 9.14. The van der Waals surface area contributed by atoms with Gasteiger partial charge in [0, 0.05) is 6.42 Å². The maximum atomic E-state index is 9.73. The molecule has 0 amide bonds. The Morgan fingerprint density at radius 2 is 2.04 bits per heavy atom. The van der Waals surface area contributed by atoms with E-state index in [4.69, 9.17) is 9.16 Å². The normalized spacial score (nSPS) is 31.6. The van der Waals surface area contributed by atoms with Crippen molar-refractivity contribution < 1.29 is 14.3 Å². The first-order chi connectivity index (χ1) is 11.8. The summed E-state index contributed by atoms with van der Waals surface area (Å²) in [5.74, 6) is 1.73. The third-order valence-corrected chi connectivity index (χ3v) is 8.67. The number of fused-ring (bicyclic) bond motifs is 1. The number of allylic oxidation sites excluding steroid dienone is 1. The smallest absolute Gasteiger partial charge is 0.168 e. The van der Waals surface area contributed by atoms with Crippen LogP contribution in [-0.4, -0.2) is 33.4 Å². The van der Waals surface area contributed by atoms with Crippen molar-refractivity contribution in [2.75, 3.05) is 0 Å². The van der Waals surface area contributed by atoms with E-state index in [1.54, 1.807) is 0 Å². The molecule has 1 heterocycles. The molecule has 2 fully saturated rings. The van der Waals surface area contributed by atoms with Crippen LogP contribution in [0.3, 0.4) is 0 Å². The number of ether oxygens (including phenoxy) is 1. The Kier molecular flexibility index (Phi) is 8.19. The van der Waals surface area contributed by atoms with Gasteiger partial charge in [0.15, 0.2) is 16.1 Å². The Bertz CT molecular complexity index is 421. The lowest BCUT2D eigenvalue weighted by atomic mass is 9.92. The molecule has 1 aliphatic carbocycles. The number of aliphatic hydroxyl groups excluding tert-OH is 1. The molecule has 0 radical (unpaired) electrons. The molecule has 0 spiro atoms. The first kappa shape index (κ1) is 21.1. The fraction of sp³-hybridized carbons (Fsp3) is 0.905. The first-order valence-electron chi connectivity index (χ1n) is 10.5. The van der Waals surface area contributed by atoms with Crippen molar-refractivity contribution in [3.63, 3.8) is 0 Å². The Labute approximate surface area is 157 Å². The molecule has 4 unspecified atom stereocenters. The highest BCUT2D eigenvalue weighted by atomic mass is 28.2. The lowest BCUT2D eigenvalue weighted by Crippen LogP contribution is -2.26. The van der Waals surface area contributed by atoms with Crippen LogP contribution in [0.2, 0.25) is 5.04 Å². The summed E-state index contributed by atoms with van der Waals surface area (Å²) in [7, 11) is -0.573. The predicted octanol–water partition coefficient (Wildman–Crippen LogP) is 4.58. The minimum absolute atomic E-state index is 0.276. The van der Waals surface area contributed by atoms with Crippen LogP contribution in [0.4, 0.5) is 0 Å². The molecule has 1 N–H and O–H groups in total. The van der Waals surface area contributed by atoms with Crippen LogP contribution in [-0.2, 0) is 9.16 Å². The van der Waals surface area contributed by atoms with Crippen molar-refractivity contribution in [1.82, 2.24) is 0 Å². The summed E-state index contributed by atoms with van der Waals surface area (Å²) in [6.07, 6.45) is 12.8. The zero-order valence-corrected chi connectivity index (χ0v) is 18.5. The molecule has 5 atom stereocenters. The fourth-order valence-electron chi connectivity index (χ4n) is 3.87. The molecule has 3 nitrogen and oxygen atoms in total. The van der Waals surface area contributed by atoms with Gasteiger partial charge in [0.25, 0.3) is 0 Å². The van der Waals surface area contributed by atoms with Gasteiger partial charge in [0.1, 0.15) is 0 Å². The molecule has 4 heteroatoms. The summed E-state index contributed by atoms with van der Waals surface area (Å²) in [5.41, 5.74) is 0. The Morgan fingerprint density at radius 1 is 1.28 bits per heavy atom. The maximum Gasteiger partial charge on any atom is 0.168 e. The van der Waals surface area contributed by atoms with E-state index < -0.39 is 16.1 Å². The molecule has 2 rings (SSSR count). The van der Waals surface area contributed by atoms with Gasteiger partial charge in [-0.25, -0.2) is 0 Å². The van der Waals surface area contributed by atoms with Gasteiger partial charge in [0.05, 0.1) is 12.2 Å². The number of unbranched alkanes of at least 4 members (excludes halogenated alkanes) is 2. The topological polar surface area (TPSA) is 38.7 Å². The molecule has 0 bridgehead atoms. The maximum absolute atomic E-state index is 9.73. The lowest BCUT2D eigenvalue weighted by Gasteiger charge is -2.30. The average molecular weight is 369 g/mol. The van der Waals surface area contributed by atoms with E-state index in [1.165, 1.54) is 25.7 Å². The van der Waals surface area contributed by atoms with Gasteiger partial charge in [-0.3, -0.25) is 0 Å².